The van der Waals surface area contributed by atoms with Crippen LogP contribution < -0.4 is 11.1 Å². The van der Waals surface area contributed by atoms with E-state index in [1.807, 2.05) is 20.8 Å². The maximum absolute atomic E-state index is 13.3. The summed E-state index contributed by atoms with van der Waals surface area (Å²) in [6.07, 6.45) is 3.16. The van der Waals surface area contributed by atoms with Crippen LogP contribution in [-0.4, -0.2) is 51.9 Å². The summed E-state index contributed by atoms with van der Waals surface area (Å²) in [5, 5.41) is 19.3. The standard InChI is InChI=1S/C21H28BrN5O2.CH2O2/c1-20(2,3)17(24)19(29)27-10-13-15(21(13,4)5)16(27)18(28)26-14(7-23)11-6-12(22)9-25-8-11;2-1-3/h6,8-9,13-17H,10,24H2,1-5H3,(H,26,28);1H,(H,2,3)/t13-,14?,15-,16-,17?;/m0./s1. The number of fused-ring (bicyclic) bond motifs is 1. The summed E-state index contributed by atoms with van der Waals surface area (Å²) in [5.74, 6) is -0.191. The quantitative estimate of drug-likeness (QED) is 0.527. The van der Waals surface area contributed by atoms with Gasteiger partial charge in [0.1, 0.15) is 12.1 Å². The number of hydrogen-bond acceptors (Lipinski definition) is 6. The molecule has 5 atom stereocenters. The highest BCUT2D eigenvalue weighted by molar-refractivity contribution is 9.10. The van der Waals surface area contributed by atoms with Crippen LogP contribution in [0, 0.1) is 34.0 Å². The van der Waals surface area contributed by atoms with E-state index in [-0.39, 0.29) is 35.5 Å². The van der Waals surface area contributed by atoms with E-state index in [2.05, 4.69) is 46.1 Å². The van der Waals surface area contributed by atoms with Gasteiger partial charge in [-0.05, 0) is 44.7 Å². The van der Waals surface area contributed by atoms with Crippen LogP contribution in [0.5, 0.6) is 0 Å². The van der Waals surface area contributed by atoms with E-state index in [1.54, 1.807) is 23.4 Å². The predicted octanol–water partition coefficient (Wildman–Crippen LogP) is 2.08. The van der Waals surface area contributed by atoms with Crippen LogP contribution in [0.3, 0.4) is 0 Å². The number of amides is 2. The van der Waals surface area contributed by atoms with E-state index in [9.17, 15) is 14.9 Å². The Kier molecular flexibility index (Phi) is 7.68. The Morgan fingerprint density at radius 3 is 2.53 bits per heavy atom. The van der Waals surface area contributed by atoms with E-state index >= 15 is 0 Å². The third kappa shape index (κ3) is 5.10. The van der Waals surface area contributed by atoms with Crippen molar-refractivity contribution >= 4 is 34.2 Å². The molecule has 1 aliphatic heterocycles. The van der Waals surface area contributed by atoms with Crippen LogP contribution in [-0.2, 0) is 14.4 Å². The van der Waals surface area contributed by atoms with Gasteiger partial charge in [-0.2, -0.15) is 5.26 Å². The van der Waals surface area contributed by atoms with Crippen LogP contribution in [0.15, 0.2) is 22.9 Å². The molecule has 0 aromatic carbocycles. The smallest absolute Gasteiger partial charge is 0.290 e. The summed E-state index contributed by atoms with van der Waals surface area (Å²) in [6, 6.07) is 1.71. The predicted molar refractivity (Wildman–Crippen MR) is 121 cm³/mol. The number of nitrogens with one attached hydrogen (secondary N) is 1. The molecule has 4 N–H and O–H groups in total. The molecule has 2 amide bonds. The first kappa shape index (κ1) is 25.7. The number of carbonyl (C=O) groups is 3. The maximum atomic E-state index is 13.3. The fourth-order valence-corrected chi connectivity index (χ4v) is 4.75. The minimum absolute atomic E-state index is 0.00984. The van der Waals surface area contributed by atoms with Crippen LogP contribution in [0.4, 0.5) is 0 Å². The second-order valence-electron chi connectivity index (χ2n) is 9.85. The molecule has 174 valence electrons. The molecule has 9 nitrogen and oxygen atoms in total. The first-order valence-electron chi connectivity index (χ1n) is 10.3. The molecule has 2 unspecified atom stereocenters. The summed E-state index contributed by atoms with van der Waals surface area (Å²) in [5.41, 5.74) is 6.38. The van der Waals surface area contributed by atoms with Gasteiger partial charge in [-0.3, -0.25) is 19.4 Å². The zero-order chi connectivity index (χ0) is 24.4. The Morgan fingerprint density at radius 2 is 2.03 bits per heavy atom. The van der Waals surface area contributed by atoms with Crippen LogP contribution in [0.2, 0.25) is 0 Å². The lowest BCUT2D eigenvalue weighted by atomic mass is 9.86. The SMILES string of the molecule is CC(C)(C)C(N)C(=O)N1C[C@H]2[C@@H]([C@H]1C(=O)NC(C#N)c1cncc(Br)c1)C2(C)C.O=CO. The molecule has 0 spiro atoms. The number of nitrogens with two attached hydrogens (primary N) is 1. The monoisotopic (exact) mass is 507 g/mol. The number of pyridine rings is 1. The summed E-state index contributed by atoms with van der Waals surface area (Å²) < 4.78 is 0.724. The van der Waals surface area contributed by atoms with Crippen molar-refractivity contribution in [2.45, 2.75) is 52.7 Å². The lowest BCUT2D eigenvalue weighted by molar-refractivity contribution is -0.143. The number of halogens is 1. The van der Waals surface area contributed by atoms with Gasteiger partial charge in [-0.1, -0.05) is 34.6 Å². The number of carboxylic acid groups (broad SMARTS) is 1. The molecule has 2 aliphatic rings. The molecular weight excluding hydrogens is 478 g/mol. The molecular formula is C22H30BrN5O4. The average molecular weight is 508 g/mol. The summed E-state index contributed by atoms with van der Waals surface area (Å²) in [4.78, 5) is 40.4. The van der Waals surface area contributed by atoms with Crippen molar-refractivity contribution in [3.8, 4) is 6.07 Å². The largest absolute Gasteiger partial charge is 0.483 e. The van der Waals surface area contributed by atoms with Gasteiger partial charge in [-0.25, -0.2) is 0 Å². The molecule has 2 fully saturated rings. The van der Waals surface area contributed by atoms with Crippen molar-refractivity contribution < 1.29 is 19.5 Å². The second kappa shape index (κ2) is 9.55. The molecule has 3 rings (SSSR count). The molecule has 1 saturated carbocycles. The van der Waals surface area contributed by atoms with Crippen LogP contribution >= 0.6 is 15.9 Å². The van der Waals surface area contributed by atoms with E-state index in [0.717, 1.165) is 4.47 Å². The zero-order valence-corrected chi connectivity index (χ0v) is 20.5. The number of rotatable bonds is 4. The van der Waals surface area contributed by atoms with Gasteiger partial charge >= 0.3 is 0 Å². The number of likely N-dealkylation sites (tertiary alicyclic amines) is 1. The van der Waals surface area contributed by atoms with Crippen LogP contribution in [0.1, 0.15) is 46.2 Å². The summed E-state index contributed by atoms with van der Waals surface area (Å²) in [7, 11) is 0. The van der Waals surface area contributed by atoms with Gasteiger partial charge < -0.3 is 21.1 Å². The Labute approximate surface area is 196 Å². The number of carbonyl (C=O) groups excluding carboxylic acids is 2. The van der Waals surface area contributed by atoms with Crippen molar-refractivity contribution in [1.29, 1.82) is 5.26 Å². The first-order valence-corrected chi connectivity index (χ1v) is 11.0. The van der Waals surface area contributed by atoms with Crippen molar-refractivity contribution in [3.05, 3.63) is 28.5 Å². The van der Waals surface area contributed by atoms with Gasteiger partial charge in [-0.15, -0.1) is 0 Å². The number of nitrogens with zero attached hydrogens (tertiary/aromatic N) is 3. The molecule has 1 aromatic rings. The molecule has 0 bridgehead atoms. The summed E-state index contributed by atoms with van der Waals surface area (Å²) >= 11 is 3.33. The molecule has 2 heterocycles. The average Bonchev–Trinajstić information content (AvgIpc) is 3.04. The Morgan fingerprint density at radius 1 is 1.44 bits per heavy atom. The third-order valence-corrected chi connectivity index (χ3v) is 6.87. The highest BCUT2D eigenvalue weighted by atomic mass is 79.9. The molecule has 1 saturated heterocycles. The van der Waals surface area contributed by atoms with E-state index in [0.29, 0.717) is 12.1 Å². The topological polar surface area (TPSA) is 149 Å². The van der Waals surface area contributed by atoms with Crippen LogP contribution in [0.25, 0.3) is 0 Å². The first-order chi connectivity index (χ1) is 14.8. The van der Waals surface area contributed by atoms with Gasteiger partial charge in [0.25, 0.3) is 6.47 Å². The van der Waals surface area contributed by atoms with E-state index in [1.165, 1.54) is 0 Å². The second-order valence-corrected chi connectivity index (χ2v) is 10.8. The number of piperidine rings is 1. The molecule has 32 heavy (non-hydrogen) atoms. The fourth-order valence-electron chi connectivity index (χ4n) is 4.37. The van der Waals surface area contributed by atoms with Crippen molar-refractivity contribution in [2.75, 3.05) is 6.54 Å². The maximum Gasteiger partial charge on any atom is 0.290 e. The highest BCUT2D eigenvalue weighted by Gasteiger charge is 2.69. The minimum Gasteiger partial charge on any atom is -0.483 e. The van der Waals surface area contributed by atoms with Gasteiger partial charge in [0.15, 0.2) is 0 Å². The zero-order valence-electron chi connectivity index (χ0n) is 18.9. The Bertz CT molecular complexity index is 924. The number of hydrogen-bond donors (Lipinski definition) is 3. The lowest BCUT2D eigenvalue weighted by Gasteiger charge is -2.35. The van der Waals surface area contributed by atoms with Crippen molar-refractivity contribution in [3.63, 3.8) is 0 Å². The fraction of sp³-hybridized carbons (Fsp3) is 0.591. The van der Waals surface area contributed by atoms with Gasteiger partial charge in [0.2, 0.25) is 11.8 Å². The highest BCUT2D eigenvalue weighted by Crippen LogP contribution is 2.65. The lowest BCUT2D eigenvalue weighted by Crippen LogP contribution is -2.57. The van der Waals surface area contributed by atoms with Crippen molar-refractivity contribution in [2.24, 2.45) is 28.4 Å². The number of nitriles is 1. The third-order valence-electron chi connectivity index (χ3n) is 6.43. The molecule has 0 radical (unpaired) electrons. The van der Waals surface area contributed by atoms with Gasteiger partial charge in [0, 0.05) is 29.0 Å². The Balaban J connectivity index is 0.00000114. The number of aromatic nitrogens is 1. The van der Waals surface area contributed by atoms with E-state index < -0.39 is 23.5 Å². The molecule has 10 heteroatoms. The van der Waals surface area contributed by atoms with Gasteiger partial charge in [0.05, 0.1) is 12.1 Å². The minimum atomic E-state index is -0.846. The van der Waals surface area contributed by atoms with Crippen molar-refractivity contribution in [1.82, 2.24) is 15.2 Å². The normalized spacial score (nSPS) is 24.7. The molecule has 1 aliphatic carbocycles. The van der Waals surface area contributed by atoms with E-state index in [4.69, 9.17) is 15.6 Å². The Hall–Kier alpha value is -2.51. The molecule has 1 aromatic heterocycles. The summed E-state index contributed by atoms with van der Waals surface area (Å²) in [6.45, 7) is 10.3.